The maximum absolute atomic E-state index is 5.74. The van der Waals surface area contributed by atoms with E-state index in [0.29, 0.717) is 0 Å². The lowest BCUT2D eigenvalue weighted by atomic mass is 9.79. The molecule has 16 heavy (non-hydrogen) atoms. The van der Waals surface area contributed by atoms with Crippen molar-refractivity contribution in [2.24, 2.45) is 16.6 Å². The summed E-state index contributed by atoms with van der Waals surface area (Å²) in [5.41, 5.74) is 8.81. The minimum absolute atomic E-state index is 0.124. The van der Waals surface area contributed by atoms with Crippen molar-refractivity contribution in [3.63, 3.8) is 0 Å². The molecule has 0 unspecified atom stereocenters. The monoisotopic (exact) mass is 223 g/mol. The Morgan fingerprint density at radius 3 is 1.75 bits per heavy atom. The zero-order valence-corrected chi connectivity index (χ0v) is 12.1. The Bertz CT molecular complexity index is 269. The van der Waals surface area contributed by atoms with Crippen molar-refractivity contribution >= 4 is 0 Å². The first-order valence-electron chi connectivity index (χ1n) is 6.26. The molecule has 94 valence electrons. The molecular formula is C15H29N. The average Bonchev–Trinajstić information content (AvgIpc) is 2.07. The van der Waals surface area contributed by atoms with Crippen molar-refractivity contribution in [2.45, 2.75) is 61.3 Å². The van der Waals surface area contributed by atoms with Gasteiger partial charge in [-0.1, -0.05) is 66.5 Å². The highest BCUT2D eigenvalue weighted by Crippen LogP contribution is 2.34. The van der Waals surface area contributed by atoms with Gasteiger partial charge in [0.25, 0.3) is 0 Å². The number of allylic oxidation sites excluding steroid dienone is 3. The van der Waals surface area contributed by atoms with Gasteiger partial charge in [0, 0.05) is 0 Å². The maximum atomic E-state index is 5.74. The van der Waals surface area contributed by atoms with E-state index in [2.05, 4.69) is 54.5 Å². The largest absolute Gasteiger partial charge is 0.404 e. The molecule has 1 heteroatoms. The third-order valence-electron chi connectivity index (χ3n) is 2.86. The van der Waals surface area contributed by atoms with Crippen LogP contribution in [0.25, 0.3) is 0 Å². The van der Waals surface area contributed by atoms with Crippen LogP contribution in [0.5, 0.6) is 0 Å². The summed E-state index contributed by atoms with van der Waals surface area (Å²) in [4.78, 5) is 0. The molecule has 0 aliphatic heterocycles. The fourth-order valence-electron chi connectivity index (χ4n) is 1.64. The molecule has 0 heterocycles. The molecule has 0 aliphatic carbocycles. The van der Waals surface area contributed by atoms with Crippen LogP contribution in [-0.4, -0.2) is 0 Å². The lowest BCUT2D eigenvalue weighted by molar-refractivity contribution is 0.470. The Kier molecular flexibility index (Phi) is 5.31. The highest BCUT2D eigenvalue weighted by Gasteiger charge is 2.20. The van der Waals surface area contributed by atoms with E-state index >= 15 is 0 Å². The molecule has 0 saturated heterocycles. The second-order valence-electron chi connectivity index (χ2n) is 6.54. The van der Waals surface area contributed by atoms with Gasteiger partial charge in [0.15, 0.2) is 0 Å². The van der Waals surface area contributed by atoms with Gasteiger partial charge < -0.3 is 5.73 Å². The van der Waals surface area contributed by atoms with Gasteiger partial charge in [-0.05, 0) is 29.0 Å². The van der Waals surface area contributed by atoms with Crippen molar-refractivity contribution < 1.29 is 0 Å². The first-order chi connectivity index (χ1) is 7.12. The minimum atomic E-state index is 0.124. The fraction of sp³-hybridized carbons (Fsp3) is 0.733. The summed E-state index contributed by atoms with van der Waals surface area (Å²) in [6.07, 6.45) is 6.38. The van der Waals surface area contributed by atoms with Crippen molar-refractivity contribution in [3.05, 3.63) is 23.4 Å². The highest BCUT2D eigenvalue weighted by atomic mass is 14.5. The summed E-state index contributed by atoms with van der Waals surface area (Å²) < 4.78 is 0. The molecule has 0 radical (unpaired) electrons. The van der Waals surface area contributed by atoms with Gasteiger partial charge in [-0.15, -0.1) is 0 Å². The molecule has 0 rings (SSSR count). The van der Waals surface area contributed by atoms with Gasteiger partial charge >= 0.3 is 0 Å². The Labute approximate surface area is 102 Å². The van der Waals surface area contributed by atoms with Crippen molar-refractivity contribution in [3.8, 4) is 0 Å². The summed E-state index contributed by atoms with van der Waals surface area (Å²) in [5.74, 6) is 0. The highest BCUT2D eigenvalue weighted by molar-refractivity contribution is 5.30. The number of nitrogens with two attached hydrogens (primary N) is 1. The van der Waals surface area contributed by atoms with Gasteiger partial charge in [0.05, 0.1) is 0 Å². The van der Waals surface area contributed by atoms with Gasteiger partial charge in [0.2, 0.25) is 0 Å². The predicted octanol–water partition coefficient (Wildman–Crippen LogP) is 4.65. The summed E-state index contributed by atoms with van der Waals surface area (Å²) in [7, 11) is 0. The summed E-state index contributed by atoms with van der Waals surface area (Å²) in [5, 5.41) is 0. The van der Waals surface area contributed by atoms with Crippen LogP contribution in [0.15, 0.2) is 23.4 Å². The molecule has 0 amide bonds. The molecule has 0 saturated carbocycles. The predicted molar refractivity (Wildman–Crippen MR) is 74.2 cm³/mol. The SMILES string of the molecule is CCC/C(=C\C(=C/N)C(C)(C)C)C(C)(C)C. The molecule has 0 spiro atoms. The standard InChI is InChI=1S/C15H29N/c1-8-9-12(14(2,3)4)10-13(11-16)15(5,6)7/h10-11H,8-9,16H2,1-7H3/b12-10+,13-11+. The van der Waals surface area contributed by atoms with E-state index in [1.165, 1.54) is 17.6 Å². The lowest BCUT2D eigenvalue weighted by Crippen LogP contribution is -2.14. The van der Waals surface area contributed by atoms with E-state index in [0.717, 1.165) is 6.42 Å². The molecule has 0 aromatic rings. The van der Waals surface area contributed by atoms with E-state index in [4.69, 9.17) is 5.73 Å². The van der Waals surface area contributed by atoms with Crippen molar-refractivity contribution in [1.29, 1.82) is 0 Å². The number of hydrogen-bond donors (Lipinski definition) is 1. The average molecular weight is 223 g/mol. The first kappa shape index (κ1) is 15.3. The van der Waals surface area contributed by atoms with Crippen LogP contribution in [0.2, 0.25) is 0 Å². The van der Waals surface area contributed by atoms with Gasteiger partial charge in [0.1, 0.15) is 0 Å². The van der Waals surface area contributed by atoms with Crippen LogP contribution in [0.3, 0.4) is 0 Å². The molecule has 0 bridgehead atoms. The molecular weight excluding hydrogens is 194 g/mol. The molecule has 0 atom stereocenters. The van der Waals surface area contributed by atoms with E-state index in [9.17, 15) is 0 Å². The van der Waals surface area contributed by atoms with E-state index in [1.54, 1.807) is 6.20 Å². The third kappa shape index (κ3) is 4.87. The second kappa shape index (κ2) is 5.56. The Morgan fingerprint density at radius 1 is 1.00 bits per heavy atom. The van der Waals surface area contributed by atoms with Crippen LogP contribution >= 0.6 is 0 Å². The fourth-order valence-corrected chi connectivity index (χ4v) is 1.64. The van der Waals surface area contributed by atoms with Gasteiger partial charge in [-0.3, -0.25) is 0 Å². The molecule has 0 aromatic carbocycles. The van der Waals surface area contributed by atoms with E-state index in [-0.39, 0.29) is 10.8 Å². The van der Waals surface area contributed by atoms with Crippen molar-refractivity contribution in [1.82, 2.24) is 0 Å². The van der Waals surface area contributed by atoms with Crippen LogP contribution < -0.4 is 5.73 Å². The summed E-state index contributed by atoms with van der Waals surface area (Å²) in [6, 6.07) is 0. The lowest BCUT2D eigenvalue weighted by Gasteiger charge is -2.27. The zero-order chi connectivity index (χ0) is 13.0. The normalized spacial score (nSPS) is 15.4. The molecule has 0 aliphatic rings. The minimum Gasteiger partial charge on any atom is -0.404 e. The van der Waals surface area contributed by atoms with Crippen LogP contribution in [0.4, 0.5) is 0 Å². The molecule has 2 N–H and O–H groups in total. The Balaban J connectivity index is 5.21. The molecule has 1 nitrogen and oxygen atoms in total. The van der Waals surface area contributed by atoms with E-state index in [1.807, 2.05) is 0 Å². The Morgan fingerprint density at radius 2 is 1.50 bits per heavy atom. The number of hydrogen-bond acceptors (Lipinski definition) is 1. The zero-order valence-electron chi connectivity index (χ0n) is 12.1. The first-order valence-corrected chi connectivity index (χ1v) is 6.26. The topological polar surface area (TPSA) is 26.0 Å². The van der Waals surface area contributed by atoms with Crippen LogP contribution in [0, 0.1) is 10.8 Å². The van der Waals surface area contributed by atoms with E-state index < -0.39 is 0 Å². The van der Waals surface area contributed by atoms with Crippen LogP contribution in [-0.2, 0) is 0 Å². The molecule has 0 aromatic heterocycles. The number of rotatable bonds is 3. The molecule has 0 fully saturated rings. The summed E-state index contributed by atoms with van der Waals surface area (Å²) in [6.45, 7) is 15.6. The smallest absolute Gasteiger partial charge is 0.00243 e. The third-order valence-corrected chi connectivity index (χ3v) is 2.86. The van der Waals surface area contributed by atoms with Crippen molar-refractivity contribution in [2.75, 3.05) is 0 Å². The quantitative estimate of drug-likeness (QED) is 0.693. The van der Waals surface area contributed by atoms with Crippen LogP contribution in [0.1, 0.15) is 61.3 Å². The van der Waals surface area contributed by atoms with Gasteiger partial charge in [-0.2, -0.15) is 0 Å². The van der Waals surface area contributed by atoms with Gasteiger partial charge in [-0.25, -0.2) is 0 Å². The summed E-state index contributed by atoms with van der Waals surface area (Å²) >= 11 is 0. The second-order valence-corrected chi connectivity index (χ2v) is 6.54. The maximum Gasteiger partial charge on any atom is -0.00243 e. The Hall–Kier alpha value is -0.720.